The molecule has 0 bridgehead atoms. The van der Waals surface area contributed by atoms with E-state index in [9.17, 15) is 8.78 Å². The fourth-order valence-electron chi connectivity index (χ4n) is 0.977. The molecule has 0 heterocycles. The van der Waals surface area contributed by atoms with Crippen molar-refractivity contribution in [3.05, 3.63) is 35.9 Å². The predicted molar refractivity (Wildman–Crippen MR) is 47.6 cm³/mol. The number of nitrogens with zero attached hydrogens (tertiary/aromatic N) is 1. The molecule has 0 aliphatic carbocycles. The third-order valence-electron chi connectivity index (χ3n) is 1.70. The zero-order chi connectivity index (χ0) is 10.7. The summed E-state index contributed by atoms with van der Waals surface area (Å²) >= 11 is 0. The smallest absolute Gasteiger partial charge is 0.165 e. The van der Waals surface area contributed by atoms with E-state index < -0.39 is 11.6 Å². The second-order valence-corrected chi connectivity index (χ2v) is 2.56. The average molecular weight is 195 g/mol. The lowest BCUT2D eigenvalue weighted by molar-refractivity contribution is 0.382. The quantitative estimate of drug-likeness (QED) is 0.679. The Morgan fingerprint density at radius 3 is 2.57 bits per heavy atom. The molecular formula is C10H7F2NO. The van der Waals surface area contributed by atoms with E-state index in [4.69, 9.17) is 5.26 Å². The fraction of sp³-hybridized carbons (Fsp3) is 0.100. The van der Waals surface area contributed by atoms with Crippen LogP contribution in [-0.2, 0) is 0 Å². The normalized spacial score (nSPS) is 9.29. The molecule has 0 N–H and O–H groups in total. The lowest BCUT2D eigenvalue weighted by Crippen LogP contribution is -1.94. The molecule has 1 rings (SSSR count). The predicted octanol–water partition coefficient (Wildman–Crippen LogP) is 2.51. The fourth-order valence-corrected chi connectivity index (χ4v) is 0.977. The second-order valence-electron chi connectivity index (χ2n) is 2.56. The van der Waals surface area contributed by atoms with Gasteiger partial charge in [0.2, 0.25) is 0 Å². The Hall–Kier alpha value is -1.89. The van der Waals surface area contributed by atoms with Crippen LogP contribution in [0.2, 0.25) is 0 Å². The van der Waals surface area contributed by atoms with Crippen LogP contribution in [0.5, 0.6) is 5.75 Å². The van der Waals surface area contributed by atoms with Gasteiger partial charge in [0.05, 0.1) is 18.8 Å². The molecule has 0 amide bonds. The molecule has 0 spiro atoms. The zero-order valence-corrected chi connectivity index (χ0v) is 7.47. The van der Waals surface area contributed by atoms with Gasteiger partial charge in [-0.25, -0.2) is 8.78 Å². The highest BCUT2D eigenvalue weighted by Crippen LogP contribution is 2.24. The van der Waals surface area contributed by atoms with E-state index in [0.717, 1.165) is 12.1 Å². The van der Waals surface area contributed by atoms with Crippen molar-refractivity contribution in [1.29, 1.82) is 5.26 Å². The van der Waals surface area contributed by atoms with Gasteiger partial charge < -0.3 is 4.74 Å². The number of hydrogen-bond acceptors (Lipinski definition) is 2. The van der Waals surface area contributed by atoms with Crippen molar-refractivity contribution in [1.82, 2.24) is 0 Å². The van der Waals surface area contributed by atoms with Gasteiger partial charge in [0.1, 0.15) is 5.82 Å². The molecule has 0 aliphatic rings. The Labute approximate surface area is 80.0 Å². The van der Waals surface area contributed by atoms with Crippen LogP contribution in [0.4, 0.5) is 8.78 Å². The number of halogens is 2. The Morgan fingerprint density at radius 1 is 1.43 bits per heavy atom. The molecule has 72 valence electrons. The van der Waals surface area contributed by atoms with Crippen molar-refractivity contribution in [3.8, 4) is 11.8 Å². The Kier molecular flexibility index (Phi) is 2.82. The van der Waals surface area contributed by atoms with Gasteiger partial charge in [-0.1, -0.05) is 6.58 Å². The molecule has 0 saturated heterocycles. The van der Waals surface area contributed by atoms with Crippen LogP contribution in [0, 0.1) is 23.0 Å². The van der Waals surface area contributed by atoms with Crippen molar-refractivity contribution >= 4 is 5.57 Å². The van der Waals surface area contributed by atoms with Gasteiger partial charge >= 0.3 is 0 Å². The number of methoxy groups -OCH3 is 1. The molecule has 0 aliphatic heterocycles. The molecule has 2 nitrogen and oxygen atoms in total. The molecule has 0 saturated carbocycles. The van der Waals surface area contributed by atoms with Crippen LogP contribution >= 0.6 is 0 Å². The maximum atomic E-state index is 13.2. The summed E-state index contributed by atoms with van der Waals surface area (Å²) < 4.78 is 30.8. The third kappa shape index (κ3) is 1.72. The molecule has 0 unspecified atom stereocenters. The summed E-state index contributed by atoms with van der Waals surface area (Å²) in [5.41, 5.74) is -0.269. The van der Waals surface area contributed by atoms with E-state index in [0.29, 0.717) is 0 Å². The van der Waals surface area contributed by atoms with E-state index in [-0.39, 0.29) is 16.9 Å². The summed E-state index contributed by atoms with van der Waals surface area (Å²) in [5, 5.41) is 8.46. The standard InChI is InChI=1S/C10H7F2NO/c1-6(5-13)7-3-9(12)10(14-2)4-8(7)11/h3-4H,1H2,2H3. The van der Waals surface area contributed by atoms with E-state index in [1.54, 1.807) is 6.07 Å². The summed E-state index contributed by atoms with van der Waals surface area (Å²) in [6.07, 6.45) is 0. The molecule has 0 fully saturated rings. The van der Waals surface area contributed by atoms with Crippen LogP contribution in [0.1, 0.15) is 5.56 Å². The topological polar surface area (TPSA) is 33.0 Å². The maximum absolute atomic E-state index is 13.2. The second kappa shape index (κ2) is 3.88. The van der Waals surface area contributed by atoms with Crippen molar-refractivity contribution < 1.29 is 13.5 Å². The monoisotopic (exact) mass is 195 g/mol. The molecular weight excluding hydrogens is 188 g/mol. The van der Waals surface area contributed by atoms with Crippen LogP contribution < -0.4 is 4.74 Å². The highest BCUT2D eigenvalue weighted by molar-refractivity contribution is 5.75. The Bertz CT molecular complexity index is 421. The van der Waals surface area contributed by atoms with E-state index >= 15 is 0 Å². The zero-order valence-electron chi connectivity index (χ0n) is 7.47. The minimum Gasteiger partial charge on any atom is -0.494 e. The first-order valence-electron chi connectivity index (χ1n) is 3.72. The first-order chi connectivity index (χ1) is 6.60. The van der Waals surface area contributed by atoms with Gasteiger partial charge in [-0.2, -0.15) is 5.26 Å². The number of rotatable bonds is 2. The minimum absolute atomic E-state index is 0.121. The first-order valence-corrected chi connectivity index (χ1v) is 3.72. The summed E-state index contributed by atoms with van der Waals surface area (Å²) in [4.78, 5) is 0. The van der Waals surface area contributed by atoms with Crippen molar-refractivity contribution in [2.24, 2.45) is 0 Å². The van der Waals surface area contributed by atoms with Gasteiger partial charge in [0, 0.05) is 11.6 Å². The van der Waals surface area contributed by atoms with E-state index in [1.165, 1.54) is 7.11 Å². The number of allylic oxidation sites excluding steroid dienone is 1. The van der Waals surface area contributed by atoms with Gasteiger partial charge in [-0.05, 0) is 6.07 Å². The largest absolute Gasteiger partial charge is 0.494 e. The van der Waals surface area contributed by atoms with E-state index in [2.05, 4.69) is 11.3 Å². The maximum Gasteiger partial charge on any atom is 0.165 e. The molecule has 14 heavy (non-hydrogen) atoms. The van der Waals surface area contributed by atoms with Crippen LogP contribution in [0.15, 0.2) is 18.7 Å². The first kappa shape index (κ1) is 10.2. The highest BCUT2D eigenvalue weighted by Gasteiger charge is 2.12. The van der Waals surface area contributed by atoms with Crippen LogP contribution in [-0.4, -0.2) is 7.11 Å². The minimum atomic E-state index is -0.727. The van der Waals surface area contributed by atoms with Crippen molar-refractivity contribution in [2.45, 2.75) is 0 Å². The molecule has 0 radical (unpaired) electrons. The SMILES string of the molecule is C=C(C#N)c1cc(F)c(OC)cc1F. The average Bonchev–Trinajstić information content (AvgIpc) is 2.19. The summed E-state index contributed by atoms with van der Waals surface area (Å²) in [7, 11) is 1.23. The molecule has 4 heteroatoms. The van der Waals surface area contributed by atoms with Crippen LogP contribution in [0.25, 0.3) is 5.57 Å². The summed E-state index contributed by atoms with van der Waals surface area (Å²) in [5.74, 6) is -1.65. The third-order valence-corrected chi connectivity index (χ3v) is 1.70. The number of nitriles is 1. The summed E-state index contributed by atoms with van der Waals surface area (Å²) in [6.45, 7) is 3.29. The number of ether oxygens (including phenoxy) is 1. The van der Waals surface area contributed by atoms with Gasteiger partial charge in [-0.15, -0.1) is 0 Å². The van der Waals surface area contributed by atoms with Gasteiger partial charge in [0.15, 0.2) is 11.6 Å². The van der Waals surface area contributed by atoms with Gasteiger partial charge in [-0.3, -0.25) is 0 Å². The Balaban J connectivity index is 3.30. The Morgan fingerprint density at radius 2 is 2.07 bits per heavy atom. The van der Waals surface area contributed by atoms with E-state index in [1.807, 2.05) is 0 Å². The lowest BCUT2D eigenvalue weighted by Gasteiger charge is -2.05. The van der Waals surface area contributed by atoms with Crippen molar-refractivity contribution in [2.75, 3.05) is 7.11 Å². The summed E-state index contributed by atoms with van der Waals surface area (Å²) in [6, 6.07) is 3.42. The molecule has 1 aromatic carbocycles. The van der Waals surface area contributed by atoms with Gasteiger partial charge in [0.25, 0.3) is 0 Å². The van der Waals surface area contributed by atoms with Crippen LogP contribution in [0.3, 0.4) is 0 Å². The number of benzene rings is 1. The molecule has 1 aromatic rings. The molecule has 0 atom stereocenters. The molecule has 0 aromatic heterocycles. The lowest BCUT2D eigenvalue weighted by atomic mass is 10.1. The number of hydrogen-bond donors (Lipinski definition) is 0. The highest BCUT2D eigenvalue weighted by atomic mass is 19.1. The van der Waals surface area contributed by atoms with Crippen molar-refractivity contribution in [3.63, 3.8) is 0 Å².